The Morgan fingerprint density at radius 2 is 2.11 bits per heavy atom. The molecule has 1 fully saturated rings. The SMILES string of the molecule is CC1CCCCC1NC(=O)COc1ccccc1Br. The van der Waals surface area contributed by atoms with Gasteiger partial charge in [-0.15, -0.1) is 0 Å². The third-order valence-corrected chi connectivity index (χ3v) is 4.31. The number of hydrogen-bond acceptors (Lipinski definition) is 2. The molecule has 0 bridgehead atoms. The summed E-state index contributed by atoms with van der Waals surface area (Å²) in [6, 6.07) is 7.86. The maximum atomic E-state index is 11.9. The topological polar surface area (TPSA) is 38.3 Å². The molecule has 2 unspecified atom stereocenters. The fourth-order valence-corrected chi connectivity index (χ4v) is 2.88. The molecule has 1 aliphatic carbocycles. The third kappa shape index (κ3) is 4.23. The molecule has 0 heterocycles. The maximum Gasteiger partial charge on any atom is 0.258 e. The van der Waals surface area contributed by atoms with Crippen molar-refractivity contribution in [2.45, 2.75) is 38.6 Å². The zero-order valence-electron chi connectivity index (χ0n) is 11.2. The van der Waals surface area contributed by atoms with Crippen LogP contribution in [0.3, 0.4) is 0 Å². The van der Waals surface area contributed by atoms with E-state index in [2.05, 4.69) is 28.2 Å². The minimum Gasteiger partial charge on any atom is -0.483 e. The number of rotatable bonds is 4. The molecule has 1 aromatic rings. The molecule has 2 rings (SSSR count). The van der Waals surface area contributed by atoms with Gasteiger partial charge in [-0.1, -0.05) is 31.9 Å². The highest BCUT2D eigenvalue weighted by Crippen LogP contribution is 2.25. The first-order chi connectivity index (χ1) is 9.16. The average Bonchev–Trinajstić information content (AvgIpc) is 2.40. The summed E-state index contributed by atoms with van der Waals surface area (Å²) in [6.07, 6.45) is 4.78. The Labute approximate surface area is 122 Å². The van der Waals surface area contributed by atoms with E-state index in [9.17, 15) is 4.79 Å². The average molecular weight is 326 g/mol. The van der Waals surface area contributed by atoms with E-state index < -0.39 is 0 Å². The Hall–Kier alpha value is -1.03. The zero-order valence-corrected chi connectivity index (χ0v) is 12.8. The Morgan fingerprint density at radius 3 is 2.84 bits per heavy atom. The van der Waals surface area contributed by atoms with Crippen molar-refractivity contribution in [1.29, 1.82) is 0 Å². The number of benzene rings is 1. The van der Waals surface area contributed by atoms with E-state index in [0.29, 0.717) is 17.7 Å². The number of para-hydroxylation sites is 1. The van der Waals surface area contributed by atoms with E-state index in [1.807, 2.05) is 24.3 Å². The molecule has 1 aliphatic rings. The summed E-state index contributed by atoms with van der Waals surface area (Å²) in [6.45, 7) is 2.28. The zero-order chi connectivity index (χ0) is 13.7. The second-order valence-corrected chi connectivity index (χ2v) is 6.01. The largest absolute Gasteiger partial charge is 0.483 e. The van der Waals surface area contributed by atoms with Crippen LogP contribution in [-0.2, 0) is 4.79 Å². The summed E-state index contributed by atoms with van der Waals surface area (Å²) in [5.41, 5.74) is 0. The van der Waals surface area contributed by atoms with Gasteiger partial charge < -0.3 is 10.1 Å². The molecular weight excluding hydrogens is 306 g/mol. The highest BCUT2D eigenvalue weighted by atomic mass is 79.9. The van der Waals surface area contributed by atoms with Crippen LogP contribution >= 0.6 is 15.9 Å². The lowest BCUT2D eigenvalue weighted by Gasteiger charge is -2.29. The monoisotopic (exact) mass is 325 g/mol. The highest BCUT2D eigenvalue weighted by Gasteiger charge is 2.22. The molecule has 1 amide bonds. The summed E-state index contributed by atoms with van der Waals surface area (Å²) in [4.78, 5) is 11.9. The van der Waals surface area contributed by atoms with Gasteiger partial charge >= 0.3 is 0 Å². The molecule has 19 heavy (non-hydrogen) atoms. The van der Waals surface area contributed by atoms with E-state index in [1.54, 1.807) is 0 Å². The molecule has 3 nitrogen and oxygen atoms in total. The first-order valence-electron chi connectivity index (χ1n) is 6.83. The van der Waals surface area contributed by atoms with E-state index >= 15 is 0 Å². The minimum atomic E-state index is -0.0329. The molecule has 0 spiro atoms. The Morgan fingerprint density at radius 1 is 1.37 bits per heavy atom. The third-order valence-electron chi connectivity index (χ3n) is 3.65. The lowest BCUT2D eigenvalue weighted by Crippen LogP contribution is -2.43. The smallest absolute Gasteiger partial charge is 0.258 e. The van der Waals surface area contributed by atoms with Gasteiger partial charge in [-0.25, -0.2) is 0 Å². The minimum absolute atomic E-state index is 0.0329. The van der Waals surface area contributed by atoms with Crippen LogP contribution in [0, 0.1) is 5.92 Å². The molecule has 4 heteroatoms. The van der Waals surface area contributed by atoms with Gasteiger partial charge in [-0.05, 0) is 46.8 Å². The fraction of sp³-hybridized carbons (Fsp3) is 0.533. The molecule has 1 aromatic carbocycles. The van der Waals surface area contributed by atoms with Gasteiger partial charge in [0.1, 0.15) is 5.75 Å². The van der Waals surface area contributed by atoms with Crippen LogP contribution in [0.2, 0.25) is 0 Å². The number of nitrogens with one attached hydrogen (secondary N) is 1. The van der Waals surface area contributed by atoms with Crippen molar-refractivity contribution >= 4 is 21.8 Å². The predicted octanol–water partition coefficient (Wildman–Crippen LogP) is 3.52. The molecule has 0 aromatic heterocycles. The van der Waals surface area contributed by atoms with Gasteiger partial charge in [-0.2, -0.15) is 0 Å². The first-order valence-corrected chi connectivity index (χ1v) is 7.63. The van der Waals surface area contributed by atoms with Crippen molar-refractivity contribution < 1.29 is 9.53 Å². The number of amides is 1. The fourth-order valence-electron chi connectivity index (χ4n) is 2.48. The van der Waals surface area contributed by atoms with Crippen molar-refractivity contribution in [3.63, 3.8) is 0 Å². The van der Waals surface area contributed by atoms with Crippen molar-refractivity contribution in [1.82, 2.24) is 5.32 Å². The molecule has 1 N–H and O–H groups in total. The lowest BCUT2D eigenvalue weighted by molar-refractivity contribution is -0.124. The highest BCUT2D eigenvalue weighted by molar-refractivity contribution is 9.10. The van der Waals surface area contributed by atoms with Crippen LogP contribution < -0.4 is 10.1 Å². The van der Waals surface area contributed by atoms with E-state index in [1.165, 1.54) is 19.3 Å². The van der Waals surface area contributed by atoms with E-state index in [4.69, 9.17) is 4.74 Å². The van der Waals surface area contributed by atoms with Crippen LogP contribution in [0.4, 0.5) is 0 Å². The summed E-state index contributed by atoms with van der Waals surface area (Å²) in [5, 5.41) is 3.08. The predicted molar refractivity (Wildman–Crippen MR) is 79.2 cm³/mol. The quantitative estimate of drug-likeness (QED) is 0.919. The number of halogens is 1. The number of carbonyl (C=O) groups is 1. The summed E-state index contributed by atoms with van der Waals surface area (Å²) in [7, 11) is 0. The van der Waals surface area contributed by atoms with Gasteiger partial charge in [0.15, 0.2) is 6.61 Å². The van der Waals surface area contributed by atoms with Crippen molar-refractivity contribution in [2.24, 2.45) is 5.92 Å². The van der Waals surface area contributed by atoms with Gasteiger partial charge in [0, 0.05) is 6.04 Å². The van der Waals surface area contributed by atoms with E-state index in [-0.39, 0.29) is 12.5 Å². The Bertz CT molecular complexity index is 436. The number of ether oxygens (including phenoxy) is 1. The molecule has 104 valence electrons. The number of carbonyl (C=O) groups excluding carboxylic acids is 1. The first kappa shape index (κ1) is 14.4. The van der Waals surface area contributed by atoms with Gasteiger partial charge in [-0.3, -0.25) is 4.79 Å². The summed E-state index contributed by atoms with van der Waals surface area (Å²) < 4.78 is 6.39. The van der Waals surface area contributed by atoms with Crippen LogP contribution in [-0.4, -0.2) is 18.6 Å². The lowest BCUT2D eigenvalue weighted by atomic mass is 9.86. The molecule has 0 radical (unpaired) electrons. The second-order valence-electron chi connectivity index (χ2n) is 5.15. The van der Waals surface area contributed by atoms with Gasteiger partial charge in [0.2, 0.25) is 0 Å². The molecular formula is C15H20BrNO2. The van der Waals surface area contributed by atoms with Crippen LogP contribution in [0.25, 0.3) is 0 Å². The van der Waals surface area contributed by atoms with Crippen LogP contribution in [0.15, 0.2) is 28.7 Å². The summed E-state index contributed by atoms with van der Waals surface area (Å²) in [5.74, 6) is 1.24. The van der Waals surface area contributed by atoms with Gasteiger partial charge in [0.25, 0.3) is 5.91 Å². The molecule has 2 atom stereocenters. The van der Waals surface area contributed by atoms with E-state index in [0.717, 1.165) is 10.9 Å². The van der Waals surface area contributed by atoms with Crippen molar-refractivity contribution in [2.75, 3.05) is 6.61 Å². The van der Waals surface area contributed by atoms with Crippen LogP contribution in [0.1, 0.15) is 32.6 Å². The number of hydrogen-bond donors (Lipinski definition) is 1. The van der Waals surface area contributed by atoms with Gasteiger partial charge in [0.05, 0.1) is 4.47 Å². The molecule has 1 saturated carbocycles. The maximum absolute atomic E-state index is 11.9. The standard InChI is InChI=1S/C15H20BrNO2/c1-11-6-2-4-8-13(11)17-15(18)10-19-14-9-5-3-7-12(14)16/h3,5,7,9,11,13H,2,4,6,8,10H2,1H3,(H,17,18). The second kappa shape index (κ2) is 6.94. The molecule has 0 aliphatic heterocycles. The van der Waals surface area contributed by atoms with Crippen molar-refractivity contribution in [3.8, 4) is 5.75 Å². The van der Waals surface area contributed by atoms with Crippen molar-refractivity contribution in [3.05, 3.63) is 28.7 Å². The normalized spacial score (nSPS) is 22.8. The summed E-state index contributed by atoms with van der Waals surface area (Å²) >= 11 is 3.40. The Balaban J connectivity index is 1.80. The molecule has 0 saturated heterocycles. The Kier molecular flexibility index (Phi) is 5.25. The van der Waals surface area contributed by atoms with Crippen LogP contribution in [0.5, 0.6) is 5.75 Å².